The van der Waals surface area contributed by atoms with Crippen LogP contribution in [0.1, 0.15) is 23.2 Å². The molecule has 0 unspecified atom stereocenters. The summed E-state index contributed by atoms with van der Waals surface area (Å²) in [5.74, 6) is -1.18. The molecule has 26 heavy (non-hydrogen) atoms. The molecule has 1 amide bonds. The number of nitro benzene ring substituents is 2. The predicted octanol–water partition coefficient (Wildman–Crippen LogP) is 1.54. The molecule has 0 spiro atoms. The van der Waals surface area contributed by atoms with E-state index in [1.807, 2.05) is 0 Å². The normalized spacial score (nSPS) is 10.2. The van der Waals surface area contributed by atoms with E-state index in [9.17, 15) is 29.8 Å². The number of nitrogens with zero attached hydrogens (tertiary/aromatic N) is 3. The van der Waals surface area contributed by atoms with Crippen LogP contribution in [0.15, 0.2) is 18.2 Å². The van der Waals surface area contributed by atoms with Crippen LogP contribution in [-0.2, 0) is 14.3 Å². The Hall–Kier alpha value is -3.08. The monoisotopic (exact) mass is 369 g/mol. The molecule has 0 heterocycles. The van der Waals surface area contributed by atoms with Crippen molar-refractivity contribution < 1.29 is 28.9 Å². The SMILES string of the molecule is COCCCN(CCC(=O)OC)C(=O)c1cc([N+](=O)[O-])cc([N+](=O)[O-])c1. The van der Waals surface area contributed by atoms with Crippen LogP contribution in [0.3, 0.4) is 0 Å². The highest BCUT2D eigenvalue weighted by molar-refractivity contribution is 5.95. The smallest absolute Gasteiger partial charge is 0.307 e. The third-order valence-corrected chi connectivity index (χ3v) is 3.45. The Morgan fingerprint density at radius 3 is 2.08 bits per heavy atom. The molecule has 0 aromatic heterocycles. The van der Waals surface area contributed by atoms with E-state index in [1.165, 1.54) is 19.1 Å². The number of nitro groups is 2. The maximum atomic E-state index is 12.7. The van der Waals surface area contributed by atoms with Gasteiger partial charge in [0.25, 0.3) is 17.3 Å². The summed E-state index contributed by atoms with van der Waals surface area (Å²) in [5, 5.41) is 21.9. The molecular weight excluding hydrogens is 350 g/mol. The first-order valence-corrected chi connectivity index (χ1v) is 7.59. The summed E-state index contributed by atoms with van der Waals surface area (Å²) in [6, 6.07) is 2.72. The molecule has 0 bridgehead atoms. The van der Waals surface area contributed by atoms with Crippen LogP contribution < -0.4 is 0 Å². The van der Waals surface area contributed by atoms with Gasteiger partial charge < -0.3 is 14.4 Å². The molecule has 0 aliphatic rings. The Morgan fingerprint density at radius 1 is 1.04 bits per heavy atom. The van der Waals surface area contributed by atoms with Gasteiger partial charge in [0, 0.05) is 38.9 Å². The second-order valence-corrected chi connectivity index (χ2v) is 5.22. The summed E-state index contributed by atoms with van der Waals surface area (Å²) < 4.78 is 9.45. The molecule has 1 rings (SSSR count). The highest BCUT2D eigenvalue weighted by Crippen LogP contribution is 2.23. The van der Waals surface area contributed by atoms with Crippen molar-refractivity contribution in [2.45, 2.75) is 12.8 Å². The number of methoxy groups -OCH3 is 2. The lowest BCUT2D eigenvalue weighted by Crippen LogP contribution is -2.34. The number of hydrogen-bond acceptors (Lipinski definition) is 8. The van der Waals surface area contributed by atoms with E-state index in [2.05, 4.69) is 4.74 Å². The summed E-state index contributed by atoms with van der Waals surface area (Å²) in [5.41, 5.74) is -1.33. The average molecular weight is 369 g/mol. The number of carbonyl (C=O) groups is 2. The number of carbonyl (C=O) groups excluding carboxylic acids is 2. The summed E-state index contributed by atoms with van der Waals surface area (Å²) in [6.07, 6.45) is 0.382. The lowest BCUT2D eigenvalue weighted by atomic mass is 10.1. The Balaban J connectivity index is 3.12. The molecule has 1 aromatic rings. The van der Waals surface area contributed by atoms with Gasteiger partial charge in [-0.15, -0.1) is 0 Å². The first-order chi connectivity index (χ1) is 12.3. The van der Waals surface area contributed by atoms with Gasteiger partial charge in [0.1, 0.15) is 0 Å². The first-order valence-electron chi connectivity index (χ1n) is 7.59. The topological polar surface area (TPSA) is 142 Å². The minimum atomic E-state index is -0.812. The first kappa shape index (κ1) is 21.0. The Morgan fingerprint density at radius 2 is 1.62 bits per heavy atom. The van der Waals surface area contributed by atoms with Gasteiger partial charge in [0.15, 0.2) is 0 Å². The maximum Gasteiger partial charge on any atom is 0.307 e. The van der Waals surface area contributed by atoms with Crippen LogP contribution in [-0.4, -0.2) is 60.5 Å². The van der Waals surface area contributed by atoms with Gasteiger partial charge >= 0.3 is 5.97 Å². The van der Waals surface area contributed by atoms with Crippen molar-refractivity contribution in [3.63, 3.8) is 0 Å². The van der Waals surface area contributed by atoms with E-state index in [4.69, 9.17) is 4.74 Å². The van der Waals surface area contributed by atoms with Crippen molar-refractivity contribution in [1.29, 1.82) is 0 Å². The van der Waals surface area contributed by atoms with Crippen molar-refractivity contribution in [3.05, 3.63) is 44.0 Å². The third kappa shape index (κ3) is 6.09. The van der Waals surface area contributed by atoms with E-state index < -0.39 is 33.1 Å². The van der Waals surface area contributed by atoms with E-state index in [0.29, 0.717) is 13.0 Å². The summed E-state index contributed by atoms with van der Waals surface area (Å²) in [7, 11) is 2.70. The number of rotatable bonds is 10. The van der Waals surface area contributed by atoms with Gasteiger partial charge in [-0.05, 0) is 6.42 Å². The molecule has 0 fully saturated rings. The third-order valence-electron chi connectivity index (χ3n) is 3.45. The van der Waals surface area contributed by atoms with Crippen LogP contribution in [0, 0.1) is 20.2 Å². The van der Waals surface area contributed by atoms with Gasteiger partial charge in [-0.1, -0.05) is 0 Å². The molecule has 1 aromatic carbocycles. The minimum absolute atomic E-state index is 0.00567. The van der Waals surface area contributed by atoms with Crippen molar-refractivity contribution >= 4 is 23.3 Å². The Labute approximate surface area is 148 Å². The molecule has 0 saturated carbocycles. The lowest BCUT2D eigenvalue weighted by Gasteiger charge is -2.22. The van der Waals surface area contributed by atoms with Crippen molar-refractivity contribution in [2.24, 2.45) is 0 Å². The largest absolute Gasteiger partial charge is 0.469 e. The summed E-state index contributed by atoms with van der Waals surface area (Å²) in [4.78, 5) is 45.6. The Bertz CT molecular complexity index is 659. The average Bonchev–Trinajstić information content (AvgIpc) is 2.63. The zero-order valence-corrected chi connectivity index (χ0v) is 14.4. The quantitative estimate of drug-likeness (QED) is 0.261. The highest BCUT2D eigenvalue weighted by atomic mass is 16.6. The van der Waals surface area contributed by atoms with Crippen LogP contribution >= 0.6 is 0 Å². The number of hydrogen-bond donors (Lipinski definition) is 0. The molecule has 0 N–H and O–H groups in total. The number of non-ortho nitro benzene ring substituents is 2. The molecule has 11 nitrogen and oxygen atoms in total. The van der Waals surface area contributed by atoms with Gasteiger partial charge in [0.05, 0.1) is 35.0 Å². The lowest BCUT2D eigenvalue weighted by molar-refractivity contribution is -0.394. The van der Waals surface area contributed by atoms with Crippen LogP contribution in [0.2, 0.25) is 0 Å². The van der Waals surface area contributed by atoms with Crippen LogP contribution in [0.5, 0.6) is 0 Å². The van der Waals surface area contributed by atoms with Crippen LogP contribution in [0.4, 0.5) is 11.4 Å². The molecular formula is C15H19N3O8. The van der Waals surface area contributed by atoms with Crippen molar-refractivity contribution in [2.75, 3.05) is 33.9 Å². The van der Waals surface area contributed by atoms with Crippen LogP contribution in [0.25, 0.3) is 0 Å². The zero-order valence-electron chi connectivity index (χ0n) is 14.4. The Kier molecular flexibility index (Phi) is 8.09. The fourth-order valence-corrected chi connectivity index (χ4v) is 2.15. The molecule has 0 saturated heterocycles. The summed E-state index contributed by atoms with van der Waals surface area (Å²) >= 11 is 0. The second-order valence-electron chi connectivity index (χ2n) is 5.22. The van der Waals surface area contributed by atoms with Crippen molar-refractivity contribution in [3.8, 4) is 0 Å². The van der Waals surface area contributed by atoms with Crippen molar-refractivity contribution in [1.82, 2.24) is 4.90 Å². The fraction of sp³-hybridized carbons (Fsp3) is 0.467. The van der Waals surface area contributed by atoms with Gasteiger partial charge in [-0.2, -0.15) is 0 Å². The predicted molar refractivity (Wildman–Crippen MR) is 88.8 cm³/mol. The van der Waals surface area contributed by atoms with E-state index >= 15 is 0 Å². The van der Waals surface area contributed by atoms with Gasteiger partial charge in [0.2, 0.25) is 0 Å². The molecule has 0 aliphatic heterocycles. The molecule has 0 radical (unpaired) electrons. The molecule has 142 valence electrons. The second kappa shape index (κ2) is 10.0. The number of esters is 1. The minimum Gasteiger partial charge on any atom is -0.469 e. The standard InChI is InChI=1S/C15H19N3O8/c1-25-7-3-5-16(6-4-14(19)26-2)15(20)11-8-12(17(21)22)10-13(9-11)18(23)24/h8-10H,3-7H2,1-2H3. The highest BCUT2D eigenvalue weighted by Gasteiger charge is 2.23. The maximum absolute atomic E-state index is 12.7. The van der Waals surface area contributed by atoms with E-state index in [0.717, 1.165) is 18.2 Å². The number of benzene rings is 1. The van der Waals surface area contributed by atoms with E-state index in [-0.39, 0.29) is 25.1 Å². The molecule has 0 atom stereocenters. The summed E-state index contributed by atoms with van der Waals surface area (Å²) in [6.45, 7) is 0.572. The number of ether oxygens (including phenoxy) is 2. The van der Waals surface area contributed by atoms with Gasteiger partial charge in [-0.3, -0.25) is 29.8 Å². The number of amides is 1. The fourth-order valence-electron chi connectivity index (χ4n) is 2.15. The molecule has 11 heteroatoms. The molecule has 0 aliphatic carbocycles. The van der Waals surface area contributed by atoms with E-state index in [1.54, 1.807) is 0 Å². The van der Waals surface area contributed by atoms with Gasteiger partial charge in [-0.25, -0.2) is 0 Å². The zero-order chi connectivity index (χ0) is 19.7.